The largest absolute Gasteiger partial charge is 0.257 e. The first-order valence-electron chi connectivity index (χ1n) is 5.00. The smallest absolute Gasteiger partial charge is 0.0449 e. The molecule has 68 valence electrons. The van der Waals surface area contributed by atoms with Crippen molar-refractivity contribution in [2.75, 3.05) is 0 Å². The van der Waals surface area contributed by atoms with E-state index in [1.54, 1.807) is 0 Å². The summed E-state index contributed by atoms with van der Waals surface area (Å²) >= 11 is 3.57. The Labute approximate surface area is 86.7 Å². The van der Waals surface area contributed by atoms with Crippen molar-refractivity contribution in [2.24, 2.45) is 0 Å². The predicted octanol–water partition coefficient (Wildman–Crippen LogP) is 3.60. The summed E-state index contributed by atoms with van der Waals surface area (Å²) in [5, 5.41) is 0. The molecule has 1 heterocycles. The van der Waals surface area contributed by atoms with Crippen LogP contribution in [-0.4, -0.2) is 4.98 Å². The summed E-state index contributed by atoms with van der Waals surface area (Å²) in [7, 11) is 0. The second kappa shape index (κ2) is 2.81. The van der Waals surface area contributed by atoms with E-state index in [9.17, 15) is 0 Å². The molecule has 0 bridgehead atoms. The Morgan fingerprint density at radius 2 is 1.46 bits per heavy atom. The molecule has 2 aliphatic rings. The van der Waals surface area contributed by atoms with E-state index in [0.717, 1.165) is 11.8 Å². The third kappa shape index (κ3) is 1.64. The van der Waals surface area contributed by atoms with Gasteiger partial charge in [0.2, 0.25) is 0 Å². The maximum Gasteiger partial charge on any atom is 0.0449 e. The SMILES string of the molecule is Brc1cc(C2CC2)nc(C2CC2)c1. The van der Waals surface area contributed by atoms with E-state index < -0.39 is 0 Å². The maximum absolute atomic E-state index is 4.73. The first kappa shape index (κ1) is 7.98. The second-order valence-corrected chi connectivity index (χ2v) is 5.10. The summed E-state index contributed by atoms with van der Waals surface area (Å²) < 4.78 is 1.21. The number of hydrogen-bond donors (Lipinski definition) is 0. The maximum atomic E-state index is 4.73. The first-order valence-corrected chi connectivity index (χ1v) is 5.79. The van der Waals surface area contributed by atoms with Crippen molar-refractivity contribution >= 4 is 15.9 Å². The molecule has 1 aromatic heterocycles. The van der Waals surface area contributed by atoms with E-state index in [4.69, 9.17) is 4.98 Å². The van der Waals surface area contributed by atoms with E-state index in [0.29, 0.717) is 0 Å². The average Bonchev–Trinajstić information content (AvgIpc) is 2.98. The van der Waals surface area contributed by atoms with Gasteiger partial charge in [-0.25, -0.2) is 0 Å². The van der Waals surface area contributed by atoms with Gasteiger partial charge in [0, 0.05) is 27.7 Å². The zero-order chi connectivity index (χ0) is 8.84. The Morgan fingerprint density at radius 3 is 1.85 bits per heavy atom. The topological polar surface area (TPSA) is 12.9 Å². The van der Waals surface area contributed by atoms with Crippen molar-refractivity contribution in [3.05, 3.63) is 28.0 Å². The molecule has 3 rings (SSSR count). The third-order valence-electron chi connectivity index (χ3n) is 2.82. The van der Waals surface area contributed by atoms with E-state index in [1.165, 1.54) is 41.5 Å². The van der Waals surface area contributed by atoms with Gasteiger partial charge in [-0.05, 0) is 37.8 Å². The van der Waals surface area contributed by atoms with Gasteiger partial charge in [0.15, 0.2) is 0 Å². The van der Waals surface area contributed by atoms with Crippen LogP contribution in [0.4, 0.5) is 0 Å². The third-order valence-corrected chi connectivity index (χ3v) is 3.28. The molecule has 0 radical (unpaired) electrons. The van der Waals surface area contributed by atoms with Gasteiger partial charge >= 0.3 is 0 Å². The van der Waals surface area contributed by atoms with Gasteiger partial charge < -0.3 is 0 Å². The van der Waals surface area contributed by atoms with Gasteiger partial charge in [-0.15, -0.1) is 0 Å². The van der Waals surface area contributed by atoms with Crippen LogP contribution < -0.4 is 0 Å². The molecule has 2 heteroatoms. The van der Waals surface area contributed by atoms with Crippen molar-refractivity contribution in [3.8, 4) is 0 Å². The van der Waals surface area contributed by atoms with Crippen LogP contribution in [0, 0.1) is 0 Å². The van der Waals surface area contributed by atoms with Gasteiger partial charge in [0.25, 0.3) is 0 Å². The Morgan fingerprint density at radius 1 is 1.00 bits per heavy atom. The van der Waals surface area contributed by atoms with Crippen LogP contribution >= 0.6 is 15.9 Å². The van der Waals surface area contributed by atoms with Crippen LogP contribution in [0.15, 0.2) is 16.6 Å². The predicted molar refractivity (Wildman–Crippen MR) is 55.9 cm³/mol. The summed E-state index contributed by atoms with van der Waals surface area (Å²) in [5.41, 5.74) is 2.63. The van der Waals surface area contributed by atoms with E-state index >= 15 is 0 Å². The molecule has 0 amide bonds. The number of aromatic nitrogens is 1. The highest BCUT2D eigenvalue weighted by atomic mass is 79.9. The van der Waals surface area contributed by atoms with Gasteiger partial charge in [-0.1, -0.05) is 15.9 Å². The van der Waals surface area contributed by atoms with Gasteiger partial charge in [0.1, 0.15) is 0 Å². The lowest BCUT2D eigenvalue weighted by Crippen LogP contribution is -1.92. The molecular formula is C11H12BrN. The van der Waals surface area contributed by atoms with E-state index in [1.807, 2.05) is 0 Å². The monoisotopic (exact) mass is 237 g/mol. The van der Waals surface area contributed by atoms with Crippen LogP contribution in [0.3, 0.4) is 0 Å². The molecule has 0 aliphatic heterocycles. The fourth-order valence-electron chi connectivity index (χ4n) is 1.71. The minimum atomic E-state index is 0.773. The Hall–Kier alpha value is -0.370. The Bertz CT molecular complexity index is 310. The molecule has 1 nitrogen and oxygen atoms in total. The van der Waals surface area contributed by atoms with Crippen molar-refractivity contribution in [3.63, 3.8) is 0 Å². The molecule has 13 heavy (non-hydrogen) atoms. The molecule has 2 aliphatic carbocycles. The van der Waals surface area contributed by atoms with Crippen molar-refractivity contribution in [1.82, 2.24) is 4.98 Å². The molecule has 0 unspecified atom stereocenters. The molecule has 0 aromatic carbocycles. The average molecular weight is 238 g/mol. The van der Waals surface area contributed by atoms with Crippen molar-refractivity contribution < 1.29 is 0 Å². The molecule has 0 spiro atoms. The zero-order valence-electron chi connectivity index (χ0n) is 7.46. The lowest BCUT2D eigenvalue weighted by atomic mass is 10.2. The number of pyridine rings is 1. The van der Waals surface area contributed by atoms with E-state index in [-0.39, 0.29) is 0 Å². The highest BCUT2D eigenvalue weighted by molar-refractivity contribution is 9.10. The number of hydrogen-bond acceptors (Lipinski definition) is 1. The molecule has 0 N–H and O–H groups in total. The lowest BCUT2D eigenvalue weighted by molar-refractivity contribution is 0.935. The number of rotatable bonds is 2. The molecule has 2 fully saturated rings. The standard InChI is InChI=1S/C11H12BrN/c12-9-5-10(7-1-2-7)13-11(6-9)8-3-4-8/h5-8H,1-4H2. The number of nitrogens with zero attached hydrogens (tertiary/aromatic N) is 1. The number of halogens is 1. The van der Waals surface area contributed by atoms with Crippen molar-refractivity contribution in [1.29, 1.82) is 0 Å². The fourth-order valence-corrected chi connectivity index (χ4v) is 2.18. The van der Waals surface area contributed by atoms with Crippen LogP contribution in [0.2, 0.25) is 0 Å². The molecule has 1 aromatic rings. The summed E-state index contributed by atoms with van der Waals surface area (Å²) in [6, 6.07) is 4.37. The van der Waals surface area contributed by atoms with E-state index in [2.05, 4.69) is 28.1 Å². The van der Waals surface area contributed by atoms with Crippen LogP contribution in [0.25, 0.3) is 0 Å². The Kier molecular flexibility index (Phi) is 1.72. The summed E-state index contributed by atoms with van der Waals surface area (Å²) in [6.07, 6.45) is 5.36. The molecule has 0 atom stereocenters. The van der Waals surface area contributed by atoms with Gasteiger partial charge in [0.05, 0.1) is 0 Å². The zero-order valence-corrected chi connectivity index (χ0v) is 9.05. The molecular weight excluding hydrogens is 226 g/mol. The highest BCUT2D eigenvalue weighted by Gasteiger charge is 2.29. The van der Waals surface area contributed by atoms with Crippen LogP contribution in [0.5, 0.6) is 0 Å². The summed E-state index contributed by atoms with van der Waals surface area (Å²) in [6.45, 7) is 0. The summed E-state index contributed by atoms with van der Waals surface area (Å²) in [4.78, 5) is 4.73. The summed E-state index contributed by atoms with van der Waals surface area (Å²) in [5.74, 6) is 1.55. The van der Waals surface area contributed by atoms with Gasteiger partial charge in [-0.2, -0.15) is 0 Å². The lowest BCUT2D eigenvalue weighted by Gasteiger charge is -2.03. The van der Waals surface area contributed by atoms with Gasteiger partial charge in [-0.3, -0.25) is 4.98 Å². The quantitative estimate of drug-likeness (QED) is 0.767. The normalized spacial score (nSPS) is 21.9. The molecule has 2 saturated carbocycles. The minimum Gasteiger partial charge on any atom is -0.257 e. The minimum absolute atomic E-state index is 0.773. The first-order chi connectivity index (χ1) is 6.33. The fraction of sp³-hybridized carbons (Fsp3) is 0.545. The van der Waals surface area contributed by atoms with Crippen molar-refractivity contribution in [2.45, 2.75) is 37.5 Å². The Balaban J connectivity index is 1.99. The second-order valence-electron chi connectivity index (χ2n) is 4.18. The van der Waals surface area contributed by atoms with Crippen LogP contribution in [0.1, 0.15) is 48.9 Å². The molecule has 0 saturated heterocycles. The highest BCUT2D eigenvalue weighted by Crippen LogP contribution is 2.43. The van der Waals surface area contributed by atoms with Crippen LogP contribution in [-0.2, 0) is 0 Å².